The number of carbonyl (C=O) groups is 1. The topological polar surface area (TPSA) is 66.1 Å². The lowest BCUT2D eigenvalue weighted by Crippen LogP contribution is -2.38. The molecule has 0 aliphatic carbocycles. The van der Waals surface area contributed by atoms with Crippen molar-refractivity contribution >= 4 is 5.91 Å². The van der Waals surface area contributed by atoms with Gasteiger partial charge in [0.05, 0.1) is 0 Å². The van der Waals surface area contributed by atoms with Crippen molar-refractivity contribution in [3.63, 3.8) is 0 Å². The molecule has 108 valence electrons. The fourth-order valence-corrected chi connectivity index (χ4v) is 2.60. The Morgan fingerprint density at radius 2 is 1.95 bits per heavy atom. The highest BCUT2D eigenvalue weighted by Gasteiger charge is 2.20. The van der Waals surface area contributed by atoms with Gasteiger partial charge in [-0.25, -0.2) is 0 Å². The molecular formula is C16H17N3O2. The standard InChI is InChI=1S/C16H17N3O2/c20-15-13(16(21)19-9-2-1-3-10-19)6-7-14(18-15)12-5-4-8-17-11-12/h4-8,11H,1-3,9-10H2,(H,18,20). The van der Waals surface area contributed by atoms with Gasteiger partial charge in [0.1, 0.15) is 5.56 Å². The van der Waals surface area contributed by atoms with E-state index < -0.39 is 0 Å². The van der Waals surface area contributed by atoms with E-state index >= 15 is 0 Å². The molecule has 1 aliphatic rings. The Hall–Kier alpha value is -2.43. The molecule has 0 bridgehead atoms. The lowest BCUT2D eigenvalue weighted by Gasteiger charge is -2.26. The van der Waals surface area contributed by atoms with Crippen molar-refractivity contribution in [1.29, 1.82) is 0 Å². The molecular weight excluding hydrogens is 266 g/mol. The largest absolute Gasteiger partial charge is 0.338 e. The molecule has 1 aliphatic heterocycles. The quantitative estimate of drug-likeness (QED) is 0.917. The van der Waals surface area contributed by atoms with Gasteiger partial charge in [0.25, 0.3) is 11.5 Å². The number of aromatic nitrogens is 2. The van der Waals surface area contributed by atoms with E-state index in [1.807, 2.05) is 6.07 Å². The number of H-pyrrole nitrogens is 1. The zero-order valence-corrected chi connectivity index (χ0v) is 11.7. The number of hydrogen-bond donors (Lipinski definition) is 1. The summed E-state index contributed by atoms with van der Waals surface area (Å²) in [6.07, 6.45) is 6.53. The Bertz CT molecular complexity index is 688. The second kappa shape index (κ2) is 5.91. The van der Waals surface area contributed by atoms with E-state index in [1.165, 1.54) is 0 Å². The van der Waals surface area contributed by atoms with Gasteiger partial charge in [-0.05, 0) is 43.5 Å². The Labute approximate surface area is 122 Å². The first kappa shape index (κ1) is 13.5. The highest BCUT2D eigenvalue weighted by Crippen LogP contribution is 2.15. The van der Waals surface area contributed by atoms with E-state index in [0.717, 1.165) is 37.9 Å². The number of nitrogens with zero attached hydrogens (tertiary/aromatic N) is 2. The molecule has 1 saturated heterocycles. The first-order chi connectivity index (χ1) is 10.3. The molecule has 0 aromatic carbocycles. The van der Waals surface area contributed by atoms with Crippen LogP contribution in [0.15, 0.2) is 41.5 Å². The molecule has 0 atom stereocenters. The zero-order chi connectivity index (χ0) is 14.7. The molecule has 0 spiro atoms. The van der Waals surface area contributed by atoms with E-state index in [2.05, 4.69) is 9.97 Å². The van der Waals surface area contributed by atoms with Crippen LogP contribution in [-0.4, -0.2) is 33.9 Å². The molecule has 0 unspecified atom stereocenters. The van der Waals surface area contributed by atoms with Crippen LogP contribution in [0, 0.1) is 0 Å². The summed E-state index contributed by atoms with van der Waals surface area (Å²) in [5.41, 5.74) is 1.37. The van der Waals surface area contributed by atoms with Gasteiger partial charge in [0.2, 0.25) is 0 Å². The van der Waals surface area contributed by atoms with Gasteiger partial charge < -0.3 is 9.88 Å². The first-order valence-corrected chi connectivity index (χ1v) is 7.19. The maximum atomic E-state index is 12.4. The Morgan fingerprint density at radius 1 is 1.14 bits per heavy atom. The first-order valence-electron chi connectivity index (χ1n) is 7.19. The third-order valence-corrected chi connectivity index (χ3v) is 3.76. The van der Waals surface area contributed by atoms with Crippen molar-refractivity contribution in [3.8, 4) is 11.3 Å². The number of aromatic amines is 1. The molecule has 1 amide bonds. The number of pyridine rings is 2. The Balaban J connectivity index is 1.88. The van der Waals surface area contributed by atoms with Gasteiger partial charge >= 0.3 is 0 Å². The lowest BCUT2D eigenvalue weighted by molar-refractivity contribution is 0.0722. The lowest BCUT2D eigenvalue weighted by atomic mass is 10.1. The summed E-state index contributed by atoms with van der Waals surface area (Å²) in [6, 6.07) is 7.04. The predicted octanol–water partition coefficient (Wildman–Crippen LogP) is 2.06. The summed E-state index contributed by atoms with van der Waals surface area (Å²) < 4.78 is 0. The number of hydrogen-bond acceptors (Lipinski definition) is 3. The highest BCUT2D eigenvalue weighted by molar-refractivity contribution is 5.94. The van der Waals surface area contributed by atoms with Gasteiger partial charge in [-0.2, -0.15) is 0 Å². The van der Waals surface area contributed by atoms with Crippen molar-refractivity contribution in [1.82, 2.24) is 14.9 Å². The van der Waals surface area contributed by atoms with Crippen LogP contribution in [0.4, 0.5) is 0 Å². The number of likely N-dealkylation sites (tertiary alicyclic amines) is 1. The third kappa shape index (κ3) is 2.86. The molecule has 2 aromatic rings. The number of rotatable bonds is 2. The monoisotopic (exact) mass is 283 g/mol. The van der Waals surface area contributed by atoms with E-state index in [1.54, 1.807) is 35.5 Å². The average molecular weight is 283 g/mol. The van der Waals surface area contributed by atoms with Crippen molar-refractivity contribution < 1.29 is 4.79 Å². The number of piperidine rings is 1. The van der Waals surface area contributed by atoms with E-state index in [0.29, 0.717) is 5.69 Å². The number of carbonyl (C=O) groups excluding carboxylic acids is 1. The molecule has 3 rings (SSSR count). The minimum absolute atomic E-state index is 0.173. The van der Waals surface area contributed by atoms with Crippen LogP contribution in [0.25, 0.3) is 11.3 Å². The maximum absolute atomic E-state index is 12.4. The van der Waals surface area contributed by atoms with E-state index in [4.69, 9.17) is 0 Å². The van der Waals surface area contributed by atoms with Gasteiger partial charge in [0, 0.05) is 36.7 Å². The maximum Gasteiger partial charge on any atom is 0.261 e. The summed E-state index contributed by atoms with van der Waals surface area (Å²) in [6.45, 7) is 1.48. The molecule has 1 N–H and O–H groups in total. The summed E-state index contributed by atoms with van der Waals surface area (Å²) in [7, 11) is 0. The zero-order valence-electron chi connectivity index (χ0n) is 11.7. The SMILES string of the molecule is O=C(c1ccc(-c2cccnc2)[nH]c1=O)N1CCCCC1. The van der Waals surface area contributed by atoms with Crippen LogP contribution in [0.3, 0.4) is 0 Å². The van der Waals surface area contributed by atoms with Crippen LogP contribution >= 0.6 is 0 Å². The smallest absolute Gasteiger partial charge is 0.261 e. The molecule has 5 nitrogen and oxygen atoms in total. The van der Waals surface area contributed by atoms with Crippen LogP contribution in [0.2, 0.25) is 0 Å². The van der Waals surface area contributed by atoms with Crippen LogP contribution in [0.5, 0.6) is 0 Å². The van der Waals surface area contributed by atoms with Gasteiger partial charge in [-0.3, -0.25) is 14.6 Å². The van der Waals surface area contributed by atoms with Crippen molar-refractivity contribution in [2.45, 2.75) is 19.3 Å². The Morgan fingerprint density at radius 3 is 2.62 bits per heavy atom. The third-order valence-electron chi connectivity index (χ3n) is 3.76. The Kier molecular flexibility index (Phi) is 3.81. The van der Waals surface area contributed by atoms with Gasteiger partial charge in [0.15, 0.2) is 0 Å². The highest BCUT2D eigenvalue weighted by atomic mass is 16.2. The normalized spacial score (nSPS) is 15.0. The fraction of sp³-hybridized carbons (Fsp3) is 0.312. The molecule has 1 fully saturated rings. The minimum atomic E-state index is -0.341. The fourth-order valence-electron chi connectivity index (χ4n) is 2.60. The summed E-state index contributed by atoms with van der Waals surface area (Å²) in [5.74, 6) is -0.173. The van der Waals surface area contributed by atoms with E-state index in [-0.39, 0.29) is 17.0 Å². The summed E-state index contributed by atoms with van der Waals surface area (Å²) >= 11 is 0. The molecule has 21 heavy (non-hydrogen) atoms. The second-order valence-electron chi connectivity index (χ2n) is 5.21. The molecule has 0 saturated carbocycles. The predicted molar refractivity (Wildman–Crippen MR) is 80.0 cm³/mol. The summed E-state index contributed by atoms with van der Waals surface area (Å²) in [4.78, 5) is 33.1. The van der Waals surface area contributed by atoms with Crippen LogP contribution in [0.1, 0.15) is 29.6 Å². The van der Waals surface area contributed by atoms with Gasteiger partial charge in [-0.1, -0.05) is 0 Å². The average Bonchev–Trinajstić information content (AvgIpc) is 2.56. The van der Waals surface area contributed by atoms with Gasteiger partial charge in [-0.15, -0.1) is 0 Å². The second-order valence-corrected chi connectivity index (χ2v) is 5.21. The molecule has 5 heteroatoms. The number of amides is 1. The minimum Gasteiger partial charge on any atom is -0.338 e. The molecule has 2 aromatic heterocycles. The van der Waals surface area contributed by atoms with Crippen molar-refractivity contribution in [3.05, 3.63) is 52.6 Å². The van der Waals surface area contributed by atoms with Crippen LogP contribution in [-0.2, 0) is 0 Å². The van der Waals surface area contributed by atoms with Crippen molar-refractivity contribution in [2.24, 2.45) is 0 Å². The summed E-state index contributed by atoms with van der Waals surface area (Å²) in [5, 5.41) is 0. The number of nitrogens with one attached hydrogen (secondary N) is 1. The van der Waals surface area contributed by atoms with E-state index in [9.17, 15) is 9.59 Å². The molecule has 3 heterocycles. The van der Waals surface area contributed by atoms with Crippen molar-refractivity contribution in [2.75, 3.05) is 13.1 Å². The molecule has 0 radical (unpaired) electrons. The van der Waals surface area contributed by atoms with Crippen LogP contribution < -0.4 is 5.56 Å².